The zero-order valence-corrected chi connectivity index (χ0v) is 19.9. The average molecular weight is 493 g/mol. The molecule has 0 spiro atoms. The van der Waals surface area contributed by atoms with Crippen LogP contribution in [0.15, 0.2) is 28.0 Å². The van der Waals surface area contributed by atoms with Crippen LogP contribution in [0.5, 0.6) is 0 Å². The first-order chi connectivity index (χ1) is 15.2. The van der Waals surface area contributed by atoms with Crippen molar-refractivity contribution in [2.75, 3.05) is 10.2 Å². The number of halogens is 1. The molecule has 9 nitrogen and oxygen atoms in total. The molecule has 0 aliphatic carbocycles. The van der Waals surface area contributed by atoms with Gasteiger partial charge >= 0.3 is 0 Å². The third-order valence-electron chi connectivity index (χ3n) is 4.79. The van der Waals surface area contributed by atoms with Crippen LogP contribution < -0.4 is 21.5 Å². The van der Waals surface area contributed by atoms with Crippen molar-refractivity contribution in [3.05, 3.63) is 55.3 Å². The van der Waals surface area contributed by atoms with E-state index in [1.807, 2.05) is 13.8 Å². The minimum absolute atomic E-state index is 0.0712. The van der Waals surface area contributed by atoms with Gasteiger partial charge in [-0.1, -0.05) is 22.9 Å². The van der Waals surface area contributed by atoms with E-state index in [1.165, 1.54) is 4.90 Å². The number of rotatable bonds is 5. The Hall–Kier alpha value is -2.73. The van der Waals surface area contributed by atoms with Crippen molar-refractivity contribution < 1.29 is 9.90 Å². The summed E-state index contributed by atoms with van der Waals surface area (Å²) in [4.78, 5) is 35.9. The van der Waals surface area contributed by atoms with Crippen LogP contribution in [0, 0.1) is 6.92 Å². The van der Waals surface area contributed by atoms with E-state index >= 15 is 0 Å². The summed E-state index contributed by atoms with van der Waals surface area (Å²) in [6.07, 6.45) is -0.679. The van der Waals surface area contributed by atoms with Crippen LogP contribution in [0.4, 0.5) is 15.8 Å². The molecule has 1 aliphatic rings. The molecule has 1 amide bonds. The summed E-state index contributed by atoms with van der Waals surface area (Å²) < 4.78 is 2.64. The number of thiazole rings is 1. The van der Waals surface area contributed by atoms with Gasteiger partial charge in [0.05, 0.1) is 11.4 Å². The largest absolute Gasteiger partial charge is 0.383 e. The minimum atomic E-state index is -0.984. The van der Waals surface area contributed by atoms with Crippen LogP contribution in [-0.4, -0.2) is 38.5 Å². The first-order valence-corrected chi connectivity index (χ1v) is 11.8. The van der Waals surface area contributed by atoms with Crippen LogP contribution in [0.2, 0.25) is 5.02 Å². The quantitative estimate of drug-likeness (QED) is 0.319. The molecule has 0 bridgehead atoms. The summed E-state index contributed by atoms with van der Waals surface area (Å²) in [5.74, 6) is -0.227. The second-order valence-electron chi connectivity index (χ2n) is 7.54. The van der Waals surface area contributed by atoms with Gasteiger partial charge in [0.15, 0.2) is 5.13 Å². The number of benzene rings is 1. The highest BCUT2D eigenvalue weighted by molar-refractivity contribution is 7.18. The van der Waals surface area contributed by atoms with Crippen molar-refractivity contribution in [2.45, 2.75) is 39.5 Å². The lowest BCUT2D eigenvalue weighted by Gasteiger charge is -2.21. The molecule has 1 atom stereocenters. The lowest BCUT2D eigenvalue weighted by atomic mass is 10.2. The molecule has 4 rings (SSSR count). The van der Waals surface area contributed by atoms with Crippen LogP contribution >= 0.6 is 34.5 Å². The predicted octanol–water partition coefficient (Wildman–Crippen LogP) is 3.23. The SMILES string of the molecule is Cc1nc(Nc2s[nH]c(=O)c2C(N)=NC(C)C)sc1C(=O)N1c2ccc(Cl)cc2CC1O. The maximum atomic E-state index is 13.3. The van der Waals surface area contributed by atoms with Crippen molar-refractivity contribution in [2.24, 2.45) is 10.7 Å². The first-order valence-electron chi connectivity index (χ1n) is 9.75. The molecule has 0 saturated heterocycles. The number of anilines is 3. The van der Waals surface area contributed by atoms with E-state index in [1.54, 1.807) is 25.1 Å². The summed E-state index contributed by atoms with van der Waals surface area (Å²) >= 11 is 8.25. The molecule has 2 aromatic heterocycles. The van der Waals surface area contributed by atoms with Gasteiger partial charge in [-0.15, -0.1) is 0 Å². The predicted molar refractivity (Wildman–Crippen MR) is 129 cm³/mol. The summed E-state index contributed by atoms with van der Waals surface area (Å²) in [7, 11) is 0. The number of aromatic nitrogens is 2. The topological polar surface area (TPSA) is 137 Å². The number of aliphatic hydroxyl groups is 1. The molecule has 3 heterocycles. The summed E-state index contributed by atoms with van der Waals surface area (Å²) in [6, 6.07) is 5.09. The number of nitrogens with one attached hydrogen (secondary N) is 2. The molecule has 1 aliphatic heterocycles. The molecule has 168 valence electrons. The van der Waals surface area contributed by atoms with Gasteiger partial charge in [0, 0.05) is 17.5 Å². The Balaban J connectivity index is 1.63. The molecule has 0 radical (unpaired) electrons. The Kier molecular flexibility index (Phi) is 6.08. The van der Waals surface area contributed by atoms with Gasteiger partial charge in [0.2, 0.25) is 0 Å². The fraction of sp³-hybridized carbons (Fsp3) is 0.300. The lowest BCUT2D eigenvalue weighted by Crippen LogP contribution is -2.37. The number of carbonyl (C=O) groups is 1. The van der Waals surface area contributed by atoms with Crippen LogP contribution in [0.1, 0.15) is 40.3 Å². The van der Waals surface area contributed by atoms with E-state index in [0.29, 0.717) is 37.8 Å². The Bertz CT molecular complexity index is 1280. The molecule has 3 aromatic rings. The molecule has 1 aromatic carbocycles. The fourth-order valence-electron chi connectivity index (χ4n) is 3.47. The normalized spacial score (nSPS) is 16.0. The number of hydrogen-bond acceptors (Lipinski definition) is 8. The van der Waals surface area contributed by atoms with Gasteiger partial charge in [0.25, 0.3) is 11.5 Å². The van der Waals surface area contributed by atoms with Gasteiger partial charge in [-0.3, -0.25) is 23.9 Å². The van der Waals surface area contributed by atoms with Crippen molar-refractivity contribution in [3.63, 3.8) is 0 Å². The fourth-order valence-corrected chi connectivity index (χ4v) is 5.38. The summed E-state index contributed by atoms with van der Waals surface area (Å²) in [6.45, 7) is 5.44. The molecule has 5 N–H and O–H groups in total. The van der Waals surface area contributed by atoms with Gasteiger partial charge in [0.1, 0.15) is 27.5 Å². The molecule has 32 heavy (non-hydrogen) atoms. The number of aromatic amines is 1. The Morgan fingerprint density at radius 2 is 2.22 bits per heavy atom. The number of aliphatic hydroxyl groups excluding tert-OH is 1. The standard InChI is InChI=1S/C20H21ClN6O3S2/c1-8(2)23-16(22)14-17(29)26-32-18(14)25-20-24-9(3)15(31-20)19(30)27-12-5-4-11(21)6-10(12)7-13(27)28/h4-6,8,13,28H,7H2,1-3H3,(H2,22,23)(H,24,25)(H,26,29). The van der Waals surface area contributed by atoms with E-state index < -0.39 is 6.23 Å². The number of amidine groups is 1. The Morgan fingerprint density at radius 1 is 1.47 bits per heavy atom. The highest BCUT2D eigenvalue weighted by atomic mass is 35.5. The summed E-state index contributed by atoms with van der Waals surface area (Å²) in [5.41, 5.74) is 7.84. The lowest BCUT2D eigenvalue weighted by molar-refractivity contribution is 0.0907. The Labute approximate surface area is 196 Å². The van der Waals surface area contributed by atoms with Gasteiger partial charge < -0.3 is 16.2 Å². The molecule has 12 heteroatoms. The maximum absolute atomic E-state index is 13.3. The van der Waals surface area contributed by atoms with Crippen LogP contribution in [0.3, 0.4) is 0 Å². The monoisotopic (exact) mass is 492 g/mol. The van der Waals surface area contributed by atoms with Crippen molar-refractivity contribution in [1.29, 1.82) is 0 Å². The van der Waals surface area contributed by atoms with E-state index in [-0.39, 0.29) is 28.9 Å². The first kappa shape index (κ1) is 22.5. The molecular formula is C20H21ClN6O3S2. The molecule has 0 saturated carbocycles. The number of aliphatic imine (C=N–C) groups is 1. The number of hydrogen-bond donors (Lipinski definition) is 4. The maximum Gasteiger partial charge on any atom is 0.272 e. The highest BCUT2D eigenvalue weighted by Crippen LogP contribution is 2.36. The third-order valence-corrected chi connectivity index (χ3v) is 6.88. The van der Waals surface area contributed by atoms with Gasteiger partial charge in [-0.25, -0.2) is 4.98 Å². The minimum Gasteiger partial charge on any atom is -0.383 e. The number of H-pyrrole nitrogens is 1. The van der Waals surface area contributed by atoms with E-state index in [9.17, 15) is 14.7 Å². The van der Waals surface area contributed by atoms with E-state index in [4.69, 9.17) is 17.3 Å². The molecular weight excluding hydrogens is 472 g/mol. The second kappa shape index (κ2) is 8.66. The van der Waals surface area contributed by atoms with Crippen molar-refractivity contribution >= 4 is 62.0 Å². The average Bonchev–Trinajstić information content (AvgIpc) is 3.35. The second-order valence-corrected chi connectivity index (χ2v) is 9.79. The number of nitrogens with two attached hydrogens (primary N) is 1. The zero-order valence-electron chi connectivity index (χ0n) is 17.5. The van der Waals surface area contributed by atoms with Crippen molar-refractivity contribution in [3.8, 4) is 0 Å². The van der Waals surface area contributed by atoms with Crippen LogP contribution in [0.25, 0.3) is 0 Å². The van der Waals surface area contributed by atoms with E-state index in [0.717, 1.165) is 28.4 Å². The van der Waals surface area contributed by atoms with E-state index in [2.05, 4.69) is 19.7 Å². The van der Waals surface area contributed by atoms with Crippen LogP contribution in [-0.2, 0) is 6.42 Å². The van der Waals surface area contributed by atoms with Gasteiger partial charge in [-0.05, 0) is 56.1 Å². The number of amides is 1. The number of fused-ring (bicyclic) bond motifs is 1. The summed E-state index contributed by atoms with van der Waals surface area (Å²) in [5, 5.41) is 15.0. The zero-order chi connectivity index (χ0) is 23.2. The third kappa shape index (κ3) is 4.16. The molecule has 0 fully saturated rings. The number of nitrogens with zero attached hydrogens (tertiary/aromatic N) is 3. The van der Waals surface area contributed by atoms with Crippen molar-refractivity contribution in [1.82, 2.24) is 9.36 Å². The van der Waals surface area contributed by atoms with Gasteiger partial charge in [-0.2, -0.15) is 0 Å². The number of aryl methyl sites for hydroxylation is 1. The highest BCUT2D eigenvalue weighted by Gasteiger charge is 2.35. The Morgan fingerprint density at radius 3 is 2.94 bits per heavy atom. The smallest absolute Gasteiger partial charge is 0.272 e. The molecule has 1 unspecified atom stereocenters. The number of carbonyl (C=O) groups excluding carboxylic acids is 1.